The summed E-state index contributed by atoms with van der Waals surface area (Å²) in [5.41, 5.74) is 1.41. The van der Waals surface area contributed by atoms with E-state index >= 15 is 0 Å². The maximum absolute atomic E-state index is 11.9. The number of hydrogen-bond acceptors (Lipinski definition) is 3. The van der Waals surface area contributed by atoms with Crippen molar-refractivity contribution in [1.82, 2.24) is 15.1 Å². The molecule has 1 aromatic heterocycles. The van der Waals surface area contributed by atoms with Gasteiger partial charge in [-0.05, 0) is 26.2 Å². The molecule has 1 aromatic rings. The first-order chi connectivity index (χ1) is 9.45. The van der Waals surface area contributed by atoms with Gasteiger partial charge in [-0.1, -0.05) is 6.42 Å². The summed E-state index contributed by atoms with van der Waals surface area (Å²) in [6, 6.07) is -0.390. The van der Waals surface area contributed by atoms with Crippen molar-refractivity contribution >= 4 is 17.7 Å². The zero-order chi connectivity index (χ0) is 14.7. The molecule has 2 atom stereocenters. The minimum Gasteiger partial charge on any atom is -0.481 e. The molecule has 0 spiro atoms. The Morgan fingerprint density at radius 2 is 2.20 bits per heavy atom. The topological polar surface area (TPSA) is 96.3 Å². The molecule has 7 heteroatoms. The van der Waals surface area contributed by atoms with E-state index in [0.29, 0.717) is 18.5 Å². The Morgan fingerprint density at radius 1 is 1.45 bits per heavy atom. The Labute approximate surface area is 117 Å². The number of carbonyl (C=O) groups excluding carboxylic acids is 1. The second-order valence-electron chi connectivity index (χ2n) is 5.30. The third-order valence-electron chi connectivity index (χ3n) is 3.62. The molecule has 1 aliphatic carbocycles. The highest BCUT2D eigenvalue weighted by Crippen LogP contribution is 2.24. The number of aromatic nitrogens is 2. The van der Waals surface area contributed by atoms with Crippen LogP contribution in [-0.2, 0) is 11.8 Å². The van der Waals surface area contributed by atoms with Gasteiger partial charge in [-0.2, -0.15) is 5.10 Å². The van der Waals surface area contributed by atoms with Crippen LogP contribution in [0.1, 0.15) is 31.4 Å². The largest absolute Gasteiger partial charge is 0.481 e. The van der Waals surface area contributed by atoms with Gasteiger partial charge < -0.3 is 15.7 Å². The molecule has 110 valence electrons. The SMILES string of the molecule is Cc1nn(C)cc1NC(=O)NC1CCCC(C(=O)O)C1. The van der Waals surface area contributed by atoms with E-state index in [-0.39, 0.29) is 18.0 Å². The summed E-state index contributed by atoms with van der Waals surface area (Å²) < 4.78 is 1.63. The highest BCUT2D eigenvalue weighted by atomic mass is 16.4. The molecule has 20 heavy (non-hydrogen) atoms. The Morgan fingerprint density at radius 3 is 2.80 bits per heavy atom. The molecular formula is C13H20N4O3. The van der Waals surface area contributed by atoms with E-state index in [4.69, 9.17) is 5.11 Å². The van der Waals surface area contributed by atoms with Gasteiger partial charge in [0.05, 0.1) is 17.3 Å². The number of nitrogens with one attached hydrogen (secondary N) is 2. The highest BCUT2D eigenvalue weighted by molar-refractivity contribution is 5.89. The van der Waals surface area contributed by atoms with Gasteiger partial charge in [-0.25, -0.2) is 4.79 Å². The lowest BCUT2D eigenvalue weighted by atomic mass is 9.86. The second kappa shape index (κ2) is 5.94. The lowest BCUT2D eigenvalue weighted by Crippen LogP contribution is -2.42. The molecule has 3 N–H and O–H groups in total. The van der Waals surface area contributed by atoms with Crippen molar-refractivity contribution in [2.45, 2.75) is 38.6 Å². The lowest BCUT2D eigenvalue weighted by Gasteiger charge is -2.27. The molecule has 7 nitrogen and oxygen atoms in total. The Balaban J connectivity index is 1.88. The van der Waals surface area contributed by atoms with Crippen LogP contribution in [0, 0.1) is 12.8 Å². The molecule has 1 heterocycles. The molecular weight excluding hydrogens is 260 g/mol. The smallest absolute Gasteiger partial charge is 0.319 e. The van der Waals surface area contributed by atoms with E-state index in [9.17, 15) is 9.59 Å². The van der Waals surface area contributed by atoms with Crippen molar-refractivity contribution in [3.8, 4) is 0 Å². The Bertz CT molecular complexity index is 512. The van der Waals surface area contributed by atoms with Crippen LogP contribution in [0.2, 0.25) is 0 Å². The number of urea groups is 1. The minimum absolute atomic E-state index is 0.0816. The van der Waals surface area contributed by atoms with Crippen LogP contribution in [0.15, 0.2) is 6.20 Å². The number of carbonyl (C=O) groups is 2. The predicted molar refractivity (Wildman–Crippen MR) is 73.5 cm³/mol. The Kier molecular flexibility index (Phi) is 4.26. The number of aryl methyl sites for hydroxylation is 2. The van der Waals surface area contributed by atoms with Crippen LogP contribution in [0.5, 0.6) is 0 Å². The van der Waals surface area contributed by atoms with Gasteiger partial charge in [0.25, 0.3) is 0 Å². The van der Waals surface area contributed by atoms with Crippen molar-refractivity contribution in [2.24, 2.45) is 13.0 Å². The fourth-order valence-electron chi connectivity index (χ4n) is 2.61. The summed E-state index contributed by atoms with van der Waals surface area (Å²) in [5.74, 6) is -1.13. The van der Waals surface area contributed by atoms with Gasteiger partial charge >= 0.3 is 12.0 Å². The zero-order valence-corrected chi connectivity index (χ0v) is 11.7. The third-order valence-corrected chi connectivity index (χ3v) is 3.62. The Hall–Kier alpha value is -2.05. The zero-order valence-electron chi connectivity index (χ0n) is 11.7. The van der Waals surface area contributed by atoms with E-state index in [0.717, 1.165) is 18.5 Å². The summed E-state index contributed by atoms with van der Waals surface area (Å²) in [6.07, 6.45) is 4.57. The van der Waals surface area contributed by atoms with Gasteiger partial charge in [-0.3, -0.25) is 9.48 Å². The first-order valence-electron chi connectivity index (χ1n) is 6.76. The van der Waals surface area contributed by atoms with Crippen LogP contribution in [0.3, 0.4) is 0 Å². The summed E-state index contributed by atoms with van der Waals surface area (Å²) in [6.45, 7) is 1.82. The molecule has 2 rings (SSSR count). The average molecular weight is 280 g/mol. The van der Waals surface area contributed by atoms with Crippen molar-refractivity contribution in [3.05, 3.63) is 11.9 Å². The van der Waals surface area contributed by atoms with Crippen LogP contribution < -0.4 is 10.6 Å². The van der Waals surface area contributed by atoms with Crippen molar-refractivity contribution in [3.63, 3.8) is 0 Å². The number of aliphatic carboxylic acids is 1. The molecule has 1 fully saturated rings. The summed E-state index contributed by atoms with van der Waals surface area (Å²) in [7, 11) is 1.79. The molecule has 1 saturated carbocycles. The number of nitrogens with zero attached hydrogens (tertiary/aromatic N) is 2. The maximum Gasteiger partial charge on any atom is 0.319 e. The summed E-state index contributed by atoms with van der Waals surface area (Å²) >= 11 is 0. The molecule has 2 amide bonds. The van der Waals surface area contributed by atoms with Crippen LogP contribution in [0.4, 0.5) is 10.5 Å². The number of amides is 2. The van der Waals surface area contributed by atoms with Gasteiger partial charge in [0, 0.05) is 19.3 Å². The second-order valence-corrected chi connectivity index (χ2v) is 5.30. The first kappa shape index (κ1) is 14.4. The number of rotatable bonds is 3. The first-order valence-corrected chi connectivity index (χ1v) is 6.76. The number of carboxylic acid groups (broad SMARTS) is 1. The monoisotopic (exact) mass is 280 g/mol. The van der Waals surface area contributed by atoms with E-state index < -0.39 is 5.97 Å². The quantitative estimate of drug-likeness (QED) is 0.781. The van der Waals surface area contributed by atoms with Gasteiger partial charge in [0.2, 0.25) is 0 Å². The molecule has 1 aliphatic rings. The molecule has 0 saturated heterocycles. The average Bonchev–Trinajstić information content (AvgIpc) is 2.67. The molecule has 0 bridgehead atoms. The predicted octanol–water partition coefficient (Wildman–Crippen LogP) is 1.49. The third kappa shape index (κ3) is 3.49. The molecule has 0 radical (unpaired) electrons. The standard InChI is InChI=1S/C13H20N4O3/c1-8-11(7-17(2)16-8)15-13(20)14-10-5-3-4-9(6-10)12(18)19/h7,9-10H,3-6H2,1-2H3,(H,18,19)(H2,14,15,20). The van der Waals surface area contributed by atoms with E-state index in [2.05, 4.69) is 15.7 Å². The summed E-state index contributed by atoms with van der Waals surface area (Å²) in [5, 5.41) is 18.7. The maximum atomic E-state index is 11.9. The van der Waals surface area contributed by atoms with Crippen molar-refractivity contribution in [1.29, 1.82) is 0 Å². The van der Waals surface area contributed by atoms with E-state index in [1.54, 1.807) is 17.9 Å². The van der Waals surface area contributed by atoms with Crippen molar-refractivity contribution in [2.75, 3.05) is 5.32 Å². The number of anilines is 1. The van der Waals surface area contributed by atoms with Crippen LogP contribution in [-0.4, -0.2) is 32.9 Å². The minimum atomic E-state index is -0.778. The van der Waals surface area contributed by atoms with Gasteiger partial charge in [0.15, 0.2) is 0 Å². The molecule has 0 aromatic carbocycles. The normalized spacial score (nSPS) is 22.3. The molecule has 2 unspecified atom stereocenters. The van der Waals surface area contributed by atoms with E-state index in [1.165, 1.54) is 0 Å². The van der Waals surface area contributed by atoms with Crippen LogP contribution in [0.25, 0.3) is 0 Å². The van der Waals surface area contributed by atoms with E-state index in [1.807, 2.05) is 6.92 Å². The van der Waals surface area contributed by atoms with Gasteiger partial charge in [-0.15, -0.1) is 0 Å². The van der Waals surface area contributed by atoms with Crippen LogP contribution >= 0.6 is 0 Å². The fraction of sp³-hybridized carbons (Fsp3) is 0.615. The molecule has 0 aliphatic heterocycles. The fourth-order valence-corrected chi connectivity index (χ4v) is 2.61. The van der Waals surface area contributed by atoms with Gasteiger partial charge in [0.1, 0.15) is 0 Å². The highest BCUT2D eigenvalue weighted by Gasteiger charge is 2.27. The van der Waals surface area contributed by atoms with Crippen molar-refractivity contribution < 1.29 is 14.7 Å². The lowest BCUT2D eigenvalue weighted by molar-refractivity contribution is -0.143. The summed E-state index contributed by atoms with van der Waals surface area (Å²) in [4.78, 5) is 22.9. The number of carboxylic acids is 1. The number of hydrogen-bond donors (Lipinski definition) is 3.